The minimum absolute atomic E-state index is 0.474. The smallest absolute Gasteiger partial charge is 0.408 e. The average Bonchev–Trinajstić information content (AvgIpc) is 2.09. The standard InChI is InChI=1S/C9H15N2O4/c1-5-6(7(12)11(5)14)10-8(13)15-9(2,3)4/h5-6,14H,1H2,2-4H3,(H,10,13)/t5-,6-/m0/s1. The van der Waals surface area contributed by atoms with Gasteiger partial charge >= 0.3 is 6.09 Å². The third-order valence-electron chi connectivity index (χ3n) is 1.86. The van der Waals surface area contributed by atoms with Crippen LogP contribution in [-0.4, -0.2) is 40.0 Å². The maximum Gasteiger partial charge on any atom is 0.408 e. The molecule has 1 aliphatic heterocycles. The molecule has 1 heterocycles. The molecule has 0 aromatic rings. The number of hydroxylamine groups is 2. The maximum atomic E-state index is 11.2. The van der Waals surface area contributed by atoms with Crippen LogP contribution in [0, 0.1) is 6.92 Å². The number of hydrogen-bond acceptors (Lipinski definition) is 4. The van der Waals surface area contributed by atoms with Gasteiger partial charge in [-0.15, -0.1) is 0 Å². The number of carbonyl (C=O) groups excluding carboxylic acids is 2. The molecule has 6 nitrogen and oxygen atoms in total. The molecule has 0 bridgehead atoms. The van der Waals surface area contributed by atoms with Gasteiger partial charge in [0.05, 0.1) is 6.04 Å². The van der Waals surface area contributed by atoms with Crippen LogP contribution in [0.4, 0.5) is 4.79 Å². The Balaban J connectivity index is 2.44. The van der Waals surface area contributed by atoms with Gasteiger partial charge in [-0.25, -0.2) is 9.86 Å². The quantitative estimate of drug-likeness (QED) is 0.487. The Hall–Kier alpha value is -1.30. The van der Waals surface area contributed by atoms with Crippen molar-refractivity contribution in [1.29, 1.82) is 0 Å². The van der Waals surface area contributed by atoms with Crippen LogP contribution in [0.3, 0.4) is 0 Å². The number of ether oxygens (including phenoxy) is 1. The zero-order valence-corrected chi connectivity index (χ0v) is 8.98. The van der Waals surface area contributed by atoms with E-state index in [4.69, 9.17) is 9.94 Å². The summed E-state index contributed by atoms with van der Waals surface area (Å²) in [6.45, 7) is 8.64. The van der Waals surface area contributed by atoms with Gasteiger partial charge in [-0.3, -0.25) is 10.0 Å². The summed E-state index contributed by atoms with van der Waals surface area (Å²) in [7, 11) is 0. The van der Waals surface area contributed by atoms with Gasteiger partial charge in [0.2, 0.25) is 0 Å². The first kappa shape index (κ1) is 11.8. The second-order valence-corrected chi connectivity index (χ2v) is 4.37. The molecule has 1 aliphatic rings. The monoisotopic (exact) mass is 215 g/mol. The Kier molecular flexibility index (Phi) is 2.90. The van der Waals surface area contributed by atoms with Crippen LogP contribution in [0.2, 0.25) is 0 Å². The predicted octanol–water partition coefficient (Wildman–Crippen LogP) is 0.314. The Bertz CT molecular complexity index is 284. The van der Waals surface area contributed by atoms with Gasteiger partial charge in [-0.2, -0.15) is 0 Å². The lowest BCUT2D eigenvalue weighted by Crippen LogP contribution is -2.68. The van der Waals surface area contributed by atoms with Crippen LogP contribution >= 0.6 is 0 Å². The van der Waals surface area contributed by atoms with E-state index in [1.165, 1.54) is 0 Å². The van der Waals surface area contributed by atoms with Crippen LogP contribution < -0.4 is 5.32 Å². The lowest BCUT2D eigenvalue weighted by molar-refractivity contribution is -0.202. The summed E-state index contributed by atoms with van der Waals surface area (Å²) in [5.74, 6) is -0.583. The van der Waals surface area contributed by atoms with Crippen molar-refractivity contribution in [2.24, 2.45) is 0 Å². The van der Waals surface area contributed by atoms with Crippen molar-refractivity contribution < 1.29 is 19.5 Å². The van der Waals surface area contributed by atoms with E-state index >= 15 is 0 Å². The number of alkyl carbamates (subject to hydrolysis) is 1. The molecule has 1 radical (unpaired) electrons. The molecule has 0 saturated carbocycles. The van der Waals surface area contributed by atoms with Gasteiger partial charge in [0.15, 0.2) is 0 Å². The molecule has 0 spiro atoms. The first-order valence-electron chi connectivity index (χ1n) is 4.57. The third kappa shape index (κ3) is 2.59. The highest BCUT2D eigenvalue weighted by molar-refractivity contribution is 5.91. The minimum Gasteiger partial charge on any atom is -0.444 e. The van der Waals surface area contributed by atoms with E-state index in [9.17, 15) is 9.59 Å². The highest BCUT2D eigenvalue weighted by Crippen LogP contribution is 2.17. The molecule has 0 aromatic heterocycles. The number of nitrogens with one attached hydrogen (secondary N) is 1. The molecule has 0 unspecified atom stereocenters. The summed E-state index contributed by atoms with van der Waals surface area (Å²) in [5, 5.41) is 11.7. The maximum absolute atomic E-state index is 11.2. The molecule has 1 saturated heterocycles. The zero-order valence-electron chi connectivity index (χ0n) is 8.98. The first-order chi connectivity index (χ1) is 6.72. The van der Waals surface area contributed by atoms with E-state index in [2.05, 4.69) is 12.2 Å². The Morgan fingerprint density at radius 3 is 2.53 bits per heavy atom. The molecular weight excluding hydrogens is 200 g/mol. The highest BCUT2D eigenvalue weighted by atomic mass is 16.6. The van der Waals surface area contributed by atoms with Crippen molar-refractivity contribution in [3.05, 3.63) is 6.92 Å². The Labute approximate surface area is 88.1 Å². The van der Waals surface area contributed by atoms with Gasteiger partial charge in [0, 0.05) is 0 Å². The number of rotatable bonds is 1. The largest absolute Gasteiger partial charge is 0.444 e. The zero-order chi connectivity index (χ0) is 11.8. The van der Waals surface area contributed by atoms with Crippen LogP contribution in [0.25, 0.3) is 0 Å². The summed E-state index contributed by atoms with van der Waals surface area (Å²) in [6.07, 6.45) is -0.692. The summed E-state index contributed by atoms with van der Waals surface area (Å²) < 4.78 is 4.95. The lowest BCUT2D eigenvalue weighted by atomic mass is 10.0. The van der Waals surface area contributed by atoms with Crippen molar-refractivity contribution in [3.8, 4) is 0 Å². The van der Waals surface area contributed by atoms with Gasteiger partial charge in [0.1, 0.15) is 11.6 Å². The summed E-state index contributed by atoms with van der Waals surface area (Å²) in [6, 6.07) is -1.46. The topological polar surface area (TPSA) is 78.9 Å². The van der Waals surface area contributed by atoms with E-state index in [1.807, 2.05) is 0 Å². The fraction of sp³-hybridized carbons (Fsp3) is 0.667. The fourth-order valence-corrected chi connectivity index (χ4v) is 1.12. The number of hydrogen-bond donors (Lipinski definition) is 2. The summed E-state index contributed by atoms with van der Waals surface area (Å²) in [5.41, 5.74) is -0.619. The first-order valence-corrected chi connectivity index (χ1v) is 4.57. The molecule has 85 valence electrons. The van der Waals surface area contributed by atoms with E-state index in [-0.39, 0.29) is 0 Å². The van der Waals surface area contributed by atoms with E-state index in [1.54, 1.807) is 20.8 Å². The number of carbonyl (C=O) groups is 2. The highest BCUT2D eigenvalue weighted by Gasteiger charge is 2.45. The molecule has 2 atom stereocenters. The molecule has 0 aliphatic carbocycles. The Morgan fingerprint density at radius 2 is 2.13 bits per heavy atom. The summed E-state index contributed by atoms with van der Waals surface area (Å²) in [4.78, 5) is 22.3. The van der Waals surface area contributed by atoms with Gasteiger partial charge in [-0.1, -0.05) is 0 Å². The van der Waals surface area contributed by atoms with Crippen LogP contribution in [0.15, 0.2) is 0 Å². The number of amides is 2. The lowest BCUT2D eigenvalue weighted by Gasteiger charge is -2.40. The average molecular weight is 215 g/mol. The molecule has 2 amide bonds. The normalized spacial score (nSPS) is 25.9. The van der Waals surface area contributed by atoms with E-state index in [0.29, 0.717) is 5.06 Å². The van der Waals surface area contributed by atoms with E-state index < -0.39 is 29.7 Å². The second kappa shape index (κ2) is 3.69. The molecule has 1 rings (SSSR count). The minimum atomic E-state index is -0.801. The molecule has 6 heteroatoms. The van der Waals surface area contributed by atoms with E-state index in [0.717, 1.165) is 0 Å². The number of β-lactam (4-membered cyclic amide) rings is 1. The summed E-state index contributed by atoms with van der Waals surface area (Å²) >= 11 is 0. The van der Waals surface area contributed by atoms with Gasteiger partial charge in [-0.05, 0) is 27.7 Å². The second-order valence-electron chi connectivity index (χ2n) is 4.37. The third-order valence-corrected chi connectivity index (χ3v) is 1.86. The SMILES string of the molecule is [CH2][C@H]1[C@H](NC(=O)OC(C)(C)C)C(=O)N1O. The van der Waals surface area contributed by atoms with Crippen LogP contribution in [0.5, 0.6) is 0 Å². The predicted molar refractivity (Wildman–Crippen MR) is 50.9 cm³/mol. The molecule has 2 N–H and O–H groups in total. The molecular formula is C9H15N2O4. The van der Waals surface area contributed by atoms with Crippen LogP contribution in [-0.2, 0) is 9.53 Å². The van der Waals surface area contributed by atoms with Crippen molar-refractivity contribution in [1.82, 2.24) is 10.4 Å². The Morgan fingerprint density at radius 1 is 1.60 bits per heavy atom. The molecule has 15 heavy (non-hydrogen) atoms. The van der Waals surface area contributed by atoms with Crippen molar-refractivity contribution in [2.75, 3.05) is 0 Å². The molecule has 1 fully saturated rings. The van der Waals surface area contributed by atoms with Gasteiger partial charge < -0.3 is 10.1 Å². The molecule has 0 aromatic carbocycles. The van der Waals surface area contributed by atoms with Crippen molar-refractivity contribution in [3.63, 3.8) is 0 Å². The fourth-order valence-electron chi connectivity index (χ4n) is 1.12. The van der Waals surface area contributed by atoms with Crippen LogP contribution in [0.1, 0.15) is 20.8 Å². The van der Waals surface area contributed by atoms with Crippen molar-refractivity contribution in [2.45, 2.75) is 38.5 Å². The number of nitrogens with zero attached hydrogens (tertiary/aromatic N) is 1. The van der Waals surface area contributed by atoms with Crippen molar-refractivity contribution >= 4 is 12.0 Å². The van der Waals surface area contributed by atoms with Gasteiger partial charge in [0.25, 0.3) is 5.91 Å².